The molecule has 1 atom stereocenters. The van der Waals surface area contributed by atoms with Gasteiger partial charge in [0, 0.05) is 35.8 Å². The van der Waals surface area contributed by atoms with Crippen LogP contribution in [0.5, 0.6) is 0 Å². The second-order valence-electron chi connectivity index (χ2n) is 7.66. The molecule has 0 aromatic heterocycles. The Kier molecular flexibility index (Phi) is 5.65. The predicted molar refractivity (Wildman–Crippen MR) is 115 cm³/mol. The number of urea groups is 1. The van der Waals surface area contributed by atoms with Gasteiger partial charge in [0.15, 0.2) is 0 Å². The molecule has 0 aliphatic carbocycles. The molecule has 1 fully saturated rings. The lowest BCUT2D eigenvalue weighted by Gasteiger charge is -2.29. The largest absolute Gasteiger partial charge is 0.334 e. The number of piperidine rings is 1. The number of anilines is 1. The molecule has 3 N–H and O–H groups in total. The Morgan fingerprint density at radius 3 is 2.74 bits per heavy atom. The van der Waals surface area contributed by atoms with Crippen molar-refractivity contribution in [2.75, 3.05) is 5.32 Å². The number of fused-ring (bicyclic) bond motifs is 1. The molecule has 0 unspecified atom stereocenters. The maximum atomic E-state index is 12.7. The molecular weight excluding hydrogens is 420 g/mol. The fourth-order valence-electron chi connectivity index (χ4n) is 3.77. The minimum absolute atomic E-state index is 0.215. The van der Waals surface area contributed by atoms with Crippen LogP contribution >= 0.6 is 11.6 Å². The number of halogens is 1. The molecule has 2 aliphatic heterocycles. The Morgan fingerprint density at radius 1 is 1.19 bits per heavy atom. The van der Waals surface area contributed by atoms with E-state index in [4.69, 9.17) is 11.6 Å². The molecule has 0 bridgehead atoms. The third kappa shape index (κ3) is 4.39. The lowest BCUT2D eigenvalue weighted by molar-refractivity contribution is -0.136. The molecule has 160 valence electrons. The third-order valence-electron chi connectivity index (χ3n) is 5.47. The molecule has 1 saturated heterocycles. The van der Waals surface area contributed by atoms with Crippen molar-refractivity contribution in [1.82, 2.24) is 15.5 Å². The summed E-state index contributed by atoms with van der Waals surface area (Å²) < 4.78 is 0. The smallest absolute Gasteiger partial charge is 0.319 e. The van der Waals surface area contributed by atoms with Crippen molar-refractivity contribution >= 4 is 41.0 Å². The highest BCUT2D eigenvalue weighted by atomic mass is 35.5. The van der Waals surface area contributed by atoms with Gasteiger partial charge in [0.25, 0.3) is 5.91 Å². The van der Waals surface area contributed by atoms with Crippen LogP contribution in [-0.2, 0) is 22.7 Å². The van der Waals surface area contributed by atoms with Gasteiger partial charge in [-0.2, -0.15) is 0 Å². The molecule has 2 aromatic carbocycles. The number of amides is 5. The Morgan fingerprint density at radius 2 is 2.00 bits per heavy atom. The molecule has 2 aromatic rings. The monoisotopic (exact) mass is 440 g/mol. The van der Waals surface area contributed by atoms with Crippen LogP contribution in [0.3, 0.4) is 0 Å². The summed E-state index contributed by atoms with van der Waals surface area (Å²) >= 11 is 6.08. The molecule has 0 saturated carbocycles. The number of carbonyl (C=O) groups is 4. The molecule has 5 amide bonds. The van der Waals surface area contributed by atoms with E-state index >= 15 is 0 Å². The number of benzene rings is 2. The van der Waals surface area contributed by atoms with E-state index < -0.39 is 11.9 Å². The molecule has 2 heterocycles. The summed E-state index contributed by atoms with van der Waals surface area (Å²) in [7, 11) is 0. The summed E-state index contributed by atoms with van der Waals surface area (Å²) in [6.45, 7) is 2.44. The van der Waals surface area contributed by atoms with Crippen molar-refractivity contribution < 1.29 is 19.2 Å². The number of nitrogens with zero attached hydrogens (tertiary/aromatic N) is 1. The van der Waals surface area contributed by atoms with Crippen LogP contribution in [0.2, 0.25) is 5.02 Å². The van der Waals surface area contributed by atoms with Crippen molar-refractivity contribution in [3.63, 3.8) is 0 Å². The Labute approximate surface area is 183 Å². The van der Waals surface area contributed by atoms with Crippen LogP contribution in [0.1, 0.15) is 39.9 Å². The van der Waals surface area contributed by atoms with E-state index in [9.17, 15) is 19.2 Å². The first-order valence-electron chi connectivity index (χ1n) is 9.89. The highest BCUT2D eigenvalue weighted by Crippen LogP contribution is 2.28. The average Bonchev–Trinajstić information content (AvgIpc) is 3.05. The Bertz CT molecular complexity index is 1100. The normalized spacial score (nSPS) is 17.9. The van der Waals surface area contributed by atoms with Crippen LogP contribution in [0.25, 0.3) is 0 Å². The molecule has 8 nitrogen and oxygen atoms in total. The van der Waals surface area contributed by atoms with E-state index in [-0.39, 0.29) is 30.8 Å². The summed E-state index contributed by atoms with van der Waals surface area (Å²) in [4.78, 5) is 49.9. The van der Waals surface area contributed by atoms with Gasteiger partial charge < -0.3 is 15.5 Å². The number of nitrogens with one attached hydrogen (secondary N) is 3. The topological polar surface area (TPSA) is 108 Å². The van der Waals surface area contributed by atoms with E-state index in [0.29, 0.717) is 29.2 Å². The first-order chi connectivity index (χ1) is 14.8. The maximum absolute atomic E-state index is 12.7. The van der Waals surface area contributed by atoms with Crippen LogP contribution in [-0.4, -0.2) is 34.7 Å². The third-order valence-corrected chi connectivity index (χ3v) is 5.88. The van der Waals surface area contributed by atoms with Crippen LogP contribution < -0.4 is 16.0 Å². The summed E-state index contributed by atoms with van der Waals surface area (Å²) in [5.41, 5.74) is 3.67. The van der Waals surface area contributed by atoms with Crippen LogP contribution in [0.15, 0.2) is 36.4 Å². The average molecular weight is 441 g/mol. The van der Waals surface area contributed by atoms with Crippen molar-refractivity contribution in [2.45, 2.75) is 38.9 Å². The Balaban J connectivity index is 1.38. The fraction of sp³-hybridized carbons (Fsp3) is 0.273. The first-order valence-corrected chi connectivity index (χ1v) is 10.3. The second kappa shape index (κ2) is 8.39. The van der Waals surface area contributed by atoms with Crippen LogP contribution in [0, 0.1) is 6.92 Å². The zero-order valence-corrected chi connectivity index (χ0v) is 17.6. The van der Waals surface area contributed by atoms with Gasteiger partial charge in [-0.15, -0.1) is 0 Å². The first kappa shape index (κ1) is 20.9. The second-order valence-corrected chi connectivity index (χ2v) is 8.07. The lowest BCUT2D eigenvalue weighted by atomic mass is 10.0. The number of carbonyl (C=O) groups excluding carboxylic acids is 4. The predicted octanol–water partition coefficient (Wildman–Crippen LogP) is 2.73. The number of aryl methyl sites for hydroxylation is 1. The fourth-order valence-corrected chi connectivity index (χ4v) is 3.95. The number of hydrogen-bond donors (Lipinski definition) is 3. The molecule has 0 radical (unpaired) electrons. The van der Waals surface area contributed by atoms with Gasteiger partial charge in [0.2, 0.25) is 11.8 Å². The highest BCUT2D eigenvalue weighted by Gasteiger charge is 2.39. The summed E-state index contributed by atoms with van der Waals surface area (Å²) in [6.07, 6.45) is 0.537. The number of rotatable bonds is 4. The van der Waals surface area contributed by atoms with Gasteiger partial charge in [-0.3, -0.25) is 19.7 Å². The molecule has 4 rings (SSSR count). The van der Waals surface area contributed by atoms with Gasteiger partial charge in [-0.05, 0) is 48.2 Å². The minimum atomic E-state index is -0.647. The molecular formula is C22H21ClN4O4. The van der Waals surface area contributed by atoms with Crippen LogP contribution in [0.4, 0.5) is 10.5 Å². The zero-order valence-electron chi connectivity index (χ0n) is 16.8. The van der Waals surface area contributed by atoms with Gasteiger partial charge in [-0.1, -0.05) is 29.8 Å². The van der Waals surface area contributed by atoms with Gasteiger partial charge in [-0.25, -0.2) is 4.79 Å². The van der Waals surface area contributed by atoms with E-state index in [1.807, 2.05) is 19.1 Å². The van der Waals surface area contributed by atoms with Gasteiger partial charge in [0.05, 0.1) is 0 Å². The van der Waals surface area contributed by atoms with Crippen molar-refractivity contribution in [3.8, 4) is 0 Å². The van der Waals surface area contributed by atoms with Crippen molar-refractivity contribution in [1.29, 1.82) is 0 Å². The summed E-state index contributed by atoms with van der Waals surface area (Å²) in [5.74, 6) is -0.977. The van der Waals surface area contributed by atoms with E-state index in [0.717, 1.165) is 16.7 Å². The maximum Gasteiger partial charge on any atom is 0.319 e. The van der Waals surface area contributed by atoms with Gasteiger partial charge >= 0.3 is 6.03 Å². The van der Waals surface area contributed by atoms with Crippen molar-refractivity contribution in [3.05, 3.63) is 63.7 Å². The summed E-state index contributed by atoms with van der Waals surface area (Å²) in [5, 5.41) is 8.37. The standard InChI is InChI=1S/C22H21ClN4O4/c1-12-2-4-15(9-17(12)23)25-22(31)24-10-13-3-5-16-14(8-13)11-27(21(16)30)18-6-7-19(28)26-20(18)29/h2-5,8-9,18H,6-7,10-11H2,1H3,(H2,24,25,31)(H,26,28,29)/t18-/m0/s1. The minimum Gasteiger partial charge on any atom is -0.334 e. The van der Waals surface area contributed by atoms with Crippen molar-refractivity contribution in [2.24, 2.45) is 0 Å². The number of imide groups is 1. The molecule has 9 heteroatoms. The van der Waals surface area contributed by atoms with E-state index in [1.165, 1.54) is 4.90 Å². The number of hydrogen-bond acceptors (Lipinski definition) is 4. The Hall–Kier alpha value is -3.39. The molecule has 0 spiro atoms. The highest BCUT2D eigenvalue weighted by molar-refractivity contribution is 6.31. The molecule has 31 heavy (non-hydrogen) atoms. The molecule has 2 aliphatic rings. The quantitative estimate of drug-likeness (QED) is 0.635. The SMILES string of the molecule is Cc1ccc(NC(=O)NCc2ccc3c(c2)CN([C@H]2CCC(=O)NC2=O)C3=O)cc1Cl. The lowest BCUT2D eigenvalue weighted by Crippen LogP contribution is -2.52. The van der Waals surface area contributed by atoms with Gasteiger partial charge in [0.1, 0.15) is 6.04 Å². The summed E-state index contributed by atoms with van der Waals surface area (Å²) in [6, 6.07) is 9.58. The van der Waals surface area contributed by atoms with E-state index in [1.54, 1.807) is 24.3 Å². The zero-order chi connectivity index (χ0) is 22.1. The van der Waals surface area contributed by atoms with E-state index in [2.05, 4.69) is 16.0 Å².